The van der Waals surface area contributed by atoms with E-state index in [9.17, 15) is 0 Å². The van der Waals surface area contributed by atoms with Crippen LogP contribution in [0.25, 0.3) is 0 Å². The van der Waals surface area contributed by atoms with Crippen molar-refractivity contribution in [1.82, 2.24) is 10.2 Å². The lowest BCUT2D eigenvalue weighted by Crippen LogP contribution is -2.58. The lowest BCUT2D eigenvalue weighted by molar-refractivity contribution is 0.0884. The molecule has 0 aromatic carbocycles. The van der Waals surface area contributed by atoms with Crippen molar-refractivity contribution in [1.29, 1.82) is 0 Å². The van der Waals surface area contributed by atoms with Crippen LogP contribution in [0.3, 0.4) is 0 Å². The summed E-state index contributed by atoms with van der Waals surface area (Å²) in [7, 11) is 0. The molecule has 1 heterocycles. The molecular weight excluding hydrogens is 256 g/mol. The van der Waals surface area contributed by atoms with Gasteiger partial charge < -0.3 is 5.32 Å². The van der Waals surface area contributed by atoms with Gasteiger partial charge in [0.2, 0.25) is 0 Å². The van der Waals surface area contributed by atoms with E-state index in [0.29, 0.717) is 0 Å². The fourth-order valence-electron chi connectivity index (χ4n) is 3.54. The maximum Gasteiger partial charge on any atom is 0.0246 e. The number of hydrogen-bond acceptors (Lipinski definition) is 2. The predicted molar refractivity (Wildman–Crippen MR) is 94.9 cm³/mol. The topological polar surface area (TPSA) is 15.3 Å². The van der Waals surface area contributed by atoms with Crippen molar-refractivity contribution in [2.24, 2.45) is 5.92 Å². The molecule has 3 unspecified atom stereocenters. The van der Waals surface area contributed by atoms with Gasteiger partial charge in [-0.05, 0) is 25.3 Å². The van der Waals surface area contributed by atoms with Crippen LogP contribution in [-0.2, 0) is 0 Å². The summed E-state index contributed by atoms with van der Waals surface area (Å²) in [6, 6.07) is 1.48. The Morgan fingerprint density at radius 1 is 1.00 bits per heavy atom. The Morgan fingerprint density at radius 3 is 2.29 bits per heavy atom. The molecule has 2 nitrogen and oxygen atoms in total. The lowest BCUT2D eigenvalue weighted by Gasteiger charge is -2.43. The van der Waals surface area contributed by atoms with Crippen LogP contribution in [0.2, 0.25) is 0 Å². The highest BCUT2D eigenvalue weighted by atomic mass is 15.2. The second-order valence-corrected chi connectivity index (χ2v) is 7.08. The molecule has 0 bridgehead atoms. The number of nitrogens with one attached hydrogen (secondary N) is 1. The van der Waals surface area contributed by atoms with Crippen molar-refractivity contribution in [3.63, 3.8) is 0 Å². The van der Waals surface area contributed by atoms with Crippen LogP contribution in [0.1, 0.15) is 85.5 Å². The van der Waals surface area contributed by atoms with Crippen LogP contribution < -0.4 is 5.32 Å². The summed E-state index contributed by atoms with van der Waals surface area (Å²) in [5.74, 6) is 0.819. The van der Waals surface area contributed by atoms with Crippen molar-refractivity contribution >= 4 is 0 Å². The highest BCUT2D eigenvalue weighted by Crippen LogP contribution is 2.20. The number of piperazine rings is 1. The summed E-state index contributed by atoms with van der Waals surface area (Å²) < 4.78 is 0. The molecule has 0 amide bonds. The summed E-state index contributed by atoms with van der Waals surface area (Å²) in [5.41, 5.74) is 0. The van der Waals surface area contributed by atoms with Gasteiger partial charge in [-0.1, -0.05) is 72.6 Å². The van der Waals surface area contributed by atoms with Gasteiger partial charge in [0.05, 0.1) is 0 Å². The Kier molecular flexibility index (Phi) is 10.4. The molecule has 0 aliphatic carbocycles. The molecule has 0 aromatic heterocycles. The van der Waals surface area contributed by atoms with Crippen molar-refractivity contribution in [2.45, 2.75) is 97.6 Å². The number of rotatable bonds is 11. The van der Waals surface area contributed by atoms with Gasteiger partial charge in [0.15, 0.2) is 0 Å². The van der Waals surface area contributed by atoms with Crippen molar-refractivity contribution in [3.8, 4) is 0 Å². The lowest BCUT2D eigenvalue weighted by atomic mass is 9.93. The fraction of sp³-hybridized carbons (Fsp3) is 1.00. The van der Waals surface area contributed by atoms with Crippen molar-refractivity contribution in [3.05, 3.63) is 0 Å². The minimum Gasteiger partial charge on any atom is -0.311 e. The van der Waals surface area contributed by atoms with Gasteiger partial charge in [-0.25, -0.2) is 0 Å². The van der Waals surface area contributed by atoms with Gasteiger partial charge in [-0.2, -0.15) is 0 Å². The minimum atomic E-state index is 0.717. The first-order chi connectivity index (χ1) is 10.2. The van der Waals surface area contributed by atoms with E-state index in [4.69, 9.17) is 0 Å². The first-order valence-electron chi connectivity index (χ1n) is 9.70. The number of unbranched alkanes of at least 4 members (excludes halogenated alkanes) is 6. The molecule has 1 saturated heterocycles. The van der Waals surface area contributed by atoms with Crippen LogP contribution in [-0.4, -0.2) is 36.6 Å². The summed E-state index contributed by atoms with van der Waals surface area (Å²) in [6.45, 7) is 13.2. The van der Waals surface area contributed by atoms with E-state index in [2.05, 4.69) is 37.9 Å². The van der Waals surface area contributed by atoms with Crippen molar-refractivity contribution < 1.29 is 0 Å². The monoisotopic (exact) mass is 296 g/mol. The van der Waals surface area contributed by atoms with Crippen LogP contribution in [0, 0.1) is 5.92 Å². The van der Waals surface area contributed by atoms with Gasteiger partial charge >= 0.3 is 0 Å². The zero-order valence-corrected chi connectivity index (χ0v) is 15.2. The molecule has 0 aromatic rings. The van der Waals surface area contributed by atoms with Crippen molar-refractivity contribution in [2.75, 3.05) is 19.6 Å². The molecule has 1 rings (SSSR count). The third-order valence-electron chi connectivity index (χ3n) is 5.38. The Bertz CT molecular complexity index is 242. The maximum absolute atomic E-state index is 3.75. The first-order valence-corrected chi connectivity index (χ1v) is 9.70. The molecule has 0 radical (unpaired) electrons. The molecule has 0 saturated carbocycles. The van der Waals surface area contributed by atoms with E-state index >= 15 is 0 Å². The van der Waals surface area contributed by atoms with Gasteiger partial charge in [0, 0.05) is 25.2 Å². The molecule has 2 heteroatoms. The summed E-state index contributed by atoms with van der Waals surface area (Å²) in [5, 5.41) is 3.75. The van der Waals surface area contributed by atoms with Crippen LogP contribution in [0.15, 0.2) is 0 Å². The molecule has 1 fully saturated rings. The SMILES string of the molecule is CCCCCCCCCN1CC(CC)NCC1C(C)CC. The highest BCUT2D eigenvalue weighted by Gasteiger charge is 2.29. The average molecular weight is 297 g/mol. The van der Waals surface area contributed by atoms with Crippen LogP contribution >= 0.6 is 0 Å². The second kappa shape index (κ2) is 11.5. The van der Waals surface area contributed by atoms with E-state index in [-0.39, 0.29) is 0 Å². The fourth-order valence-corrected chi connectivity index (χ4v) is 3.54. The molecule has 126 valence electrons. The third kappa shape index (κ3) is 7.15. The summed E-state index contributed by atoms with van der Waals surface area (Å²) in [4.78, 5) is 2.80. The average Bonchev–Trinajstić information content (AvgIpc) is 2.53. The van der Waals surface area contributed by atoms with Crippen LogP contribution in [0.4, 0.5) is 0 Å². The smallest absolute Gasteiger partial charge is 0.0246 e. The Labute approximate surface area is 134 Å². The first kappa shape index (κ1) is 19.0. The van der Waals surface area contributed by atoms with Gasteiger partial charge in [-0.15, -0.1) is 0 Å². The summed E-state index contributed by atoms with van der Waals surface area (Å²) >= 11 is 0. The largest absolute Gasteiger partial charge is 0.311 e. The quantitative estimate of drug-likeness (QED) is 0.549. The molecule has 1 N–H and O–H groups in total. The molecule has 3 atom stereocenters. The van der Waals surface area contributed by atoms with E-state index in [1.54, 1.807) is 0 Å². The van der Waals surface area contributed by atoms with E-state index in [1.807, 2.05) is 0 Å². The second-order valence-electron chi connectivity index (χ2n) is 7.08. The Hall–Kier alpha value is -0.0800. The van der Waals surface area contributed by atoms with E-state index in [0.717, 1.165) is 18.0 Å². The van der Waals surface area contributed by atoms with Gasteiger partial charge in [-0.3, -0.25) is 4.90 Å². The molecule has 21 heavy (non-hydrogen) atoms. The third-order valence-corrected chi connectivity index (χ3v) is 5.38. The standard InChI is InChI=1S/C19H40N2/c1-5-8-9-10-11-12-13-14-21-16-18(7-3)20-15-19(21)17(4)6-2/h17-20H,5-16H2,1-4H3. The molecule has 1 aliphatic rings. The van der Waals surface area contributed by atoms with Crippen LogP contribution in [0.5, 0.6) is 0 Å². The number of hydrogen-bond donors (Lipinski definition) is 1. The minimum absolute atomic E-state index is 0.717. The van der Waals surface area contributed by atoms with E-state index in [1.165, 1.54) is 77.4 Å². The Balaban J connectivity index is 2.26. The zero-order valence-electron chi connectivity index (χ0n) is 15.2. The normalized spacial score (nSPS) is 25.1. The predicted octanol–water partition coefficient (Wildman–Crippen LogP) is 4.84. The van der Waals surface area contributed by atoms with E-state index < -0.39 is 0 Å². The zero-order chi connectivity index (χ0) is 15.5. The van der Waals surface area contributed by atoms with Gasteiger partial charge in [0.1, 0.15) is 0 Å². The highest BCUT2D eigenvalue weighted by molar-refractivity contribution is 4.87. The molecular formula is C19H40N2. The summed E-state index contributed by atoms with van der Waals surface area (Å²) in [6.07, 6.45) is 12.5. The van der Waals surface area contributed by atoms with Gasteiger partial charge in [0.25, 0.3) is 0 Å². The maximum atomic E-state index is 3.75. The molecule has 0 spiro atoms. The Morgan fingerprint density at radius 2 is 1.67 bits per heavy atom. The number of nitrogens with zero attached hydrogens (tertiary/aromatic N) is 1. The molecule has 1 aliphatic heterocycles.